The molecule has 0 bridgehead atoms. The molecule has 0 fully saturated rings. The molecule has 1 amide bonds. The van der Waals surface area contributed by atoms with Crippen LogP contribution in [-0.4, -0.2) is 15.8 Å². The molecule has 0 aliphatic carbocycles. The summed E-state index contributed by atoms with van der Waals surface area (Å²) in [4.78, 5) is 27.5. The number of carbonyl (C=O) groups excluding carboxylic acids is 1. The fraction of sp³-hybridized carbons (Fsp3) is 0.167. The van der Waals surface area contributed by atoms with Crippen molar-refractivity contribution in [2.45, 2.75) is 26.2 Å². The lowest BCUT2D eigenvalue weighted by Gasteiger charge is -2.08. The summed E-state index contributed by atoms with van der Waals surface area (Å²) >= 11 is 6.28. The Bertz CT molecular complexity index is 1310. The first kappa shape index (κ1) is 21.5. The SMILES string of the molecule is CCC(C)c1ccc2oc(-c3ccc(Cl)c(NC(=O)c4ccc([N+](=O)[O-])cc4)c3)nc2c1. The number of hydrogen-bond donors (Lipinski definition) is 1. The predicted octanol–water partition coefficient (Wildman–Crippen LogP) is 6.82. The van der Waals surface area contributed by atoms with Crippen molar-refractivity contribution < 1.29 is 14.1 Å². The molecule has 7 nitrogen and oxygen atoms in total. The van der Waals surface area contributed by atoms with Gasteiger partial charge in [-0.15, -0.1) is 0 Å². The molecule has 32 heavy (non-hydrogen) atoms. The van der Waals surface area contributed by atoms with Crippen LogP contribution in [0.25, 0.3) is 22.6 Å². The van der Waals surface area contributed by atoms with E-state index >= 15 is 0 Å². The number of nitro groups is 1. The molecule has 162 valence electrons. The Morgan fingerprint density at radius 1 is 1.16 bits per heavy atom. The molecule has 0 aliphatic heterocycles. The molecule has 0 spiro atoms. The predicted molar refractivity (Wildman–Crippen MR) is 124 cm³/mol. The maximum absolute atomic E-state index is 12.6. The number of carbonyl (C=O) groups is 1. The van der Waals surface area contributed by atoms with Gasteiger partial charge in [0.05, 0.1) is 15.6 Å². The first-order valence-corrected chi connectivity index (χ1v) is 10.5. The van der Waals surface area contributed by atoms with Crippen molar-refractivity contribution in [2.75, 3.05) is 5.32 Å². The molecular formula is C24H20ClN3O4. The number of nitrogens with zero attached hydrogens (tertiary/aromatic N) is 2. The van der Waals surface area contributed by atoms with Crippen LogP contribution in [0, 0.1) is 10.1 Å². The van der Waals surface area contributed by atoms with Gasteiger partial charge in [0.15, 0.2) is 5.58 Å². The van der Waals surface area contributed by atoms with Crippen LogP contribution in [0.4, 0.5) is 11.4 Å². The number of nitro benzene ring substituents is 1. The fourth-order valence-corrected chi connectivity index (χ4v) is 3.46. The Hall–Kier alpha value is -3.71. The summed E-state index contributed by atoms with van der Waals surface area (Å²) < 4.78 is 5.91. The average molecular weight is 450 g/mol. The Morgan fingerprint density at radius 2 is 1.91 bits per heavy atom. The summed E-state index contributed by atoms with van der Waals surface area (Å²) in [5, 5.41) is 13.9. The maximum atomic E-state index is 12.6. The molecule has 8 heteroatoms. The van der Waals surface area contributed by atoms with E-state index in [1.54, 1.807) is 18.2 Å². The van der Waals surface area contributed by atoms with E-state index in [-0.39, 0.29) is 11.3 Å². The van der Waals surface area contributed by atoms with Crippen LogP contribution in [0.2, 0.25) is 5.02 Å². The summed E-state index contributed by atoms with van der Waals surface area (Å²) in [5.41, 5.74) is 3.88. The highest BCUT2D eigenvalue weighted by molar-refractivity contribution is 6.34. The molecule has 3 aromatic carbocycles. The van der Waals surface area contributed by atoms with Gasteiger partial charge in [0.1, 0.15) is 5.52 Å². The minimum Gasteiger partial charge on any atom is -0.436 e. The number of nitrogens with one attached hydrogen (secondary N) is 1. The summed E-state index contributed by atoms with van der Waals surface area (Å²) in [6, 6.07) is 16.4. The monoisotopic (exact) mass is 449 g/mol. The van der Waals surface area contributed by atoms with Crippen molar-refractivity contribution in [3.05, 3.63) is 86.9 Å². The van der Waals surface area contributed by atoms with E-state index in [2.05, 4.69) is 24.1 Å². The normalized spacial score (nSPS) is 12.0. The molecule has 1 aromatic heterocycles. The first-order valence-electron chi connectivity index (χ1n) is 10.1. The number of halogens is 1. The maximum Gasteiger partial charge on any atom is 0.269 e. The first-order chi connectivity index (χ1) is 15.4. The molecule has 0 aliphatic rings. The van der Waals surface area contributed by atoms with E-state index < -0.39 is 10.8 Å². The summed E-state index contributed by atoms with van der Waals surface area (Å²) in [5.74, 6) is 0.412. The topological polar surface area (TPSA) is 98.3 Å². The Balaban J connectivity index is 1.61. The third-order valence-corrected chi connectivity index (χ3v) is 5.72. The fourth-order valence-electron chi connectivity index (χ4n) is 3.29. The highest BCUT2D eigenvalue weighted by Crippen LogP contribution is 2.32. The highest BCUT2D eigenvalue weighted by Gasteiger charge is 2.15. The van der Waals surface area contributed by atoms with Crippen molar-refractivity contribution in [3.63, 3.8) is 0 Å². The highest BCUT2D eigenvalue weighted by atomic mass is 35.5. The van der Waals surface area contributed by atoms with Gasteiger partial charge in [-0.2, -0.15) is 0 Å². The molecule has 0 saturated carbocycles. The van der Waals surface area contributed by atoms with E-state index in [1.807, 2.05) is 18.2 Å². The molecule has 4 aromatic rings. The van der Waals surface area contributed by atoms with E-state index in [0.717, 1.165) is 11.9 Å². The van der Waals surface area contributed by atoms with Gasteiger partial charge in [-0.05, 0) is 60.4 Å². The quantitative estimate of drug-likeness (QED) is 0.257. The van der Waals surface area contributed by atoms with Crippen LogP contribution in [0.1, 0.15) is 42.1 Å². The van der Waals surface area contributed by atoms with Gasteiger partial charge in [-0.3, -0.25) is 14.9 Å². The van der Waals surface area contributed by atoms with E-state index in [9.17, 15) is 14.9 Å². The van der Waals surface area contributed by atoms with Crippen LogP contribution >= 0.6 is 11.6 Å². The summed E-state index contributed by atoms with van der Waals surface area (Å²) in [6.45, 7) is 4.31. The zero-order valence-corrected chi connectivity index (χ0v) is 18.2. The third kappa shape index (κ3) is 4.33. The molecule has 1 N–H and O–H groups in total. The number of benzene rings is 3. The minimum absolute atomic E-state index is 0.0889. The van der Waals surface area contributed by atoms with E-state index in [0.29, 0.717) is 33.7 Å². The molecule has 1 atom stereocenters. The minimum atomic E-state index is -0.520. The van der Waals surface area contributed by atoms with E-state index in [4.69, 9.17) is 16.0 Å². The van der Waals surface area contributed by atoms with Gasteiger partial charge >= 0.3 is 0 Å². The van der Waals surface area contributed by atoms with Gasteiger partial charge in [-0.25, -0.2) is 4.98 Å². The Morgan fingerprint density at radius 3 is 2.59 bits per heavy atom. The van der Waals surface area contributed by atoms with Crippen LogP contribution < -0.4 is 5.32 Å². The second-order valence-corrected chi connectivity index (χ2v) is 7.92. The largest absolute Gasteiger partial charge is 0.436 e. The second kappa shape index (κ2) is 8.80. The molecule has 0 saturated heterocycles. The number of anilines is 1. The zero-order valence-electron chi connectivity index (χ0n) is 17.5. The van der Waals surface area contributed by atoms with Crippen LogP contribution in [0.15, 0.2) is 65.1 Å². The lowest BCUT2D eigenvalue weighted by atomic mass is 9.98. The standard InChI is InChI=1S/C24H20ClN3O4/c1-3-14(2)16-7-11-22-21(12-16)27-24(32-22)17-6-10-19(25)20(13-17)26-23(29)15-4-8-18(9-5-15)28(30)31/h4-14H,3H2,1-2H3,(H,26,29). The lowest BCUT2D eigenvalue weighted by molar-refractivity contribution is -0.384. The molecule has 1 heterocycles. The molecule has 1 unspecified atom stereocenters. The molecule has 4 rings (SSSR count). The van der Waals surface area contributed by atoms with Crippen molar-refractivity contribution in [1.82, 2.24) is 4.98 Å². The number of aromatic nitrogens is 1. The van der Waals surface area contributed by atoms with E-state index in [1.165, 1.54) is 29.8 Å². The number of non-ortho nitro benzene ring substituents is 1. The number of amides is 1. The van der Waals surface area contributed by atoms with Crippen molar-refractivity contribution in [1.29, 1.82) is 0 Å². The summed E-state index contributed by atoms with van der Waals surface area (Å²) in [6.07, 6.45) is 1.03. The average Bonchev–Trinajstić information content (AvgIpc) is 3.23. The van der Waals surface area contributed by atoms with Crippen LogP contribution in [0.5, 0.6) is 0 Å². The Kier molecular flexibility index (Phi) is 5.92. The number of fused-ring (bicyclic) bond motifs is 1. The second-order valence-electron chi connectivity index (χ2n) is 7.51. The van der Waals surface area contributed by atoms with Gasteiger partial charge in [0.25, 0.3) is 11.6 Å². The molecular weight excluding hydrogens is 430 g/mol. The third-order valence-electron chi connectivity index (χ3n) is 5.39. The number of rotatable bonds is 6. The van der Waals surface area contributed by atoms with Crippen LogP contribution in [0.3, 0.4) is 0 Å². The van der Waals surface area contributed by atoms with Crippen molar-refractivity contribution in [3.8, 4) is 11.5 Å². The van der Waals surface area contributed by atoms with Gasteiger partial charge in [0.2, 0.25) is 5.89 Å². The molecule has 0 radical (unpaired) electrons. The van der Waals surface area contributed by atoms with Crippen LogP contribution in [-0.2, 0) is 0 Å². The zero-order chi connectivity index (χ0) is 22.8. The number of hydrogen-bond acceptors (Lipinski definition) is 5. The van der Waals surface area contributed by atoms with Crippen molar-refractivity contribution in [2.24, 2.45) is 0 Å². The summed E-state index contributed by atoms with van der Waals surface area (Å²) in [7, 11) is 0. The lowest BCUT2D eigenvalue weighted by Crippen LogP contribution is -2.12. The van der Waals surface area contributed by atoms with Gasteiger partial charge in [-0.1, -0.05) is 31.5 Å². The van der Waals surface area contributed by atoms with Gasteiger partial charge in [0, 0.05) is 23.3 Å². The number of oxazole rings is 1. The van der Waals surface area contributed by atoms with Gasteiger partial charge < -0.3 is 9.73 Å². The smallest absolute Gasteiger partial charge is 0.269 e. The Labute approximate surface area is 189 Å². The van der Waals surface area contributed by atoms with Crippen molar-refractivity contribution >= 4 is 40.0 Å².